The van der Waals surface area contributed by atoms with Crippen molar-refractivity contribution in [2.45, 2.75) is 454 Å². The van der Waals surface area contributed by atoms with Gasteiger partial charge in [-0.1, -0.05) is 215 Å². The number of benzene rings is 5. The molecule has 762 valence electrons. The van der Waals surface area contributed by atoms with Gasteiger partial charge in [0.05, 0.1) is 110 Å². The van der Waals surface area contributed by atoms with Crippen LogP contribution in [0.5, 0.6) is 0 Å². The third kappa shape index (κ3) is 22.9. The maximum absolute atomic E-state index is 6.31. The Kier molecular flexibility index (Phi) is 34.7. The average molecular weight is 1890 g/mol. The molecular formula is C129H192O9. The highest BCUT2D eigenvalue weighted by Gasteiger charge is 2.60. The van der Waals surface area contributed by atoms with E-state index in [2.05, 4.69) is 279 Å². The summed E-state index contributed by atoms with van der Waals surface area (Å²) in [5.41, 5.74) is 8.55. The fourth-order valence-electron chi connectivity index (χ4n) is 33.2. The molecule has 5 aromatic carbocycles. The van der Waals surface area contributed by atoms with E-state index < -0.39 is 0 Å². The first kappa shape index (κ1) is 103. The second kappa shape index (κ2) is 46.3. The summed E-state index contributed by atoms with van der Waals surface area (Å²) in [5, 5.41) is 5.52. The summed E-state index contributed by atoms with van der Waals surface area (Å²) in [6.45, 7) is 46.3. The zero-order valence-corrected chi connectivity index (χ0v) is 90.3. The Labute approximate surface area is 839 Å². The first-order valence-corrected chi connectivity index (χ1v) is 58.6. The standard InChI is InChI=1S/C17H20O.C16H18O.C15H26O.C15H24O.C14H24O.C14H22O.C13H22O.C13H20O.C12H16O/c1-11(2)12(3)18-16-10-14-8-4-6-13-7-5-9-15(16)17(13)14;1-3-11(2)17-15-10-13-8-4-6-12-7-5-9-14(15)16(12)13;2*1-9(2)10(3)16-15-8-11-7-14(15)13-6-4-5-12(11)13;2*1-3-9(2)15-14-8-10-7-13(14)12-6-4-5-11(10)12;2*1-8(2)14-13-7-9-6-12(13)11-5-3-4-10(9)11;1-9(2)13-12-7-10-5-3-4-6-11(10)8-12/h4-9,11-12,16H,10H2,1-3H3;4-9,11,15H,3,10H2,1-2H3;9-15H,4-8H2,1-3H3;4,6,9-15H,5,7-8H2,1-3H3;9-14H,3-8H2,1-2H3;4,6,9-14H,3,5,7-8H2,1-2H3;8-13H,3-7H2,1-2H3;3,5,8-13H,4,6-7H2,1-2H3;3-6,9,12H,7-8H2,1-2H3. The molecule has 38 unspecified atom stereocenters. The number of hydrogen-bond donors (Lipinski definition) is 0. The Bertz CT molecular complexity index is 4740. The highest BCUT2D eigenvalue weighted by Crippen LogP contribution is 2.65. The van der Waals surface area contributed by atoms with E-state index in [1.54, 1.807) is 0 Å². The van der Waals surface area contributed by atoms with Crippen LogP contribution in [0.15, 0.2) is 134 Å². The maximum Gasteiger partial charge on any atom is 0.0875 e. The third-order valence-corrected chi connectivity index (χ3v) is 40.8. The summed E-state index contributed by atoms with van der Waals surface area (Å²) in [6, 6.07) is 34.9. The van der Waals surface area contributed by atoms with Crippen molar-refractivity contribution < 1.29 is 42.6 Å². The quantitative estimate of drug-likeness (QED) is 0.0561. The first-order valence-electron chi connectivity index (χ1n) is 58.6. The van der Waals surface area contributed by atoms with Gasteiger partial charge >= 0.3 is 0 Å². The van der Waals surface area contributed by atoms with Crippen LogP contribution in [0, 0.1) is 160 Å². The van der Waals surface area contributed by atoms with E-state index in [9.17, 15) is 0 Å². The van der Waals surface area contributed by atoms with Gasteiger partial charge in [0, 0.05) is 12.8 Å². The number of hydrogen-bond acceptors (Lipinski definition) is 9. The van der Waals surface area contributed by atoms with Crippen molar-refractivity contribution in [2.75, 3.05) is 0 Å². The lowest BCUT2D eigenvalue weighted by Gasteiger charge is -2.34. The maximum atomic E-state index is 6.31. The molecule has 5 aromatic rings. The zero-order chi connectivity index (χ0) is 96.6. The molecule has 9 heteroatoms. The van der Waals surface area contributed by atoms with Gasteiger partial charge in [0.2, 0.25) is 0 Å². The Balaban J connectivity index is 0.000000103. The van der Waals surface area contributed by atoms with Gasteiger partial charge in [-0.25, -0.2) is 0 Å². The Morgan fingerprint density at radius 2 is 0.543 bits per heavy atom. The molecule has 15 fully saturated rings. The minimum absolute atomic E-state index is 0.239. The average Bonchev–Trinajstić information content (AvgIpc) is 1.60. The summed E-state index contributed by atoms with van der Waals surface area (Å²) in [7, 11) is 0. The van der Waals surface area contributed by atoms with Crippen LogP contribution in [0.1, 0.15) is 364 Å². The van der Waals surface area contributed by atoms with Gasteiger partial charge in [0.15, 0.2) is 0 Å². The van der Waals surface area contributed by atoms with Crippen LogP contribution in [-0.4, -0.2) is 97.7 Å². The van der Waals surface area contributed by atoms with Crippen LogP contribution in [0.4, 0.5) is 0 Å². The largest absolute Gasteiger partial charge is 0.375 e. The molecule has 0 saturated heterocycles. The topological polar surface area (TPSA) is 83.1 Å². The molecule has 26 rings (SSSR count). The Hall–Kier alpha value is -4.52. The van der Waals surface area contributed by atoms with Crippen LogP contribution < -0.4 is 0 Å². The molecule has 15 saturated carbocycles. The van der Waals surface area contributed by atoms with Crippen LogP contribution in [0.2, 0.25) is 0 Å². The van der Waals surface area contributed by atoms with E-state index in [-0.39, 0.29) is 12.2 Å². The van der Waals surface area contributed by atoms with Crippen molar-refractivity contribution in [1.29, 1.82) is 0 Å². The molecule has 12 bridgehead atoms. The number of allylic oxidation sites excluding steroid dienone is 6. The van der Waals surface area contributed by atoms with Gasteiger partial charge in [-0.3, -0.25) is 0 Å². The van der Waals surface area contributed by atoms with E-state index in [0.717, 1.165) is 181 Å². The second-order valence-corrected chi connectivity index (χ2v) is 50.9. The monoisotopic (exact) mass is 1890 g/mol. The highest BCUT2D eigenvalue weighted by molar-refractivity contribution is 5.92. The summed E-state index contributed by atoms with van der Waals surface area (Å²) < 4.78 is 55.2. The van der Waals surface area contributed by atoms with Crippen molar-refractivity contribution in [3.8, 4) is 0 Å². The molecule has 38 atom stereocenters. The van der Waals surface area contributed by atoms with Crippen molar-refractivity contribution in [3.63, 3.8) is 0 Å². The van der Waals surface area contributed by atoms with Gasteiger partial charge in [0.1, 0.15) is 0 Å². The molecule has 21 aliphatic rings. The molecule has 0 aliphatic heterocycles. The van der Waals surface area contributed by atoms with Gasteiger partial charge < -0.3 is 42.6 Å². The summed E-state index contributed by atoms with van der Waals surface area (Å²) in [5.74, 6) is 25.3. The van der Waals surface area contributed by atoms with E-state index in [0.29, 0.717) is 115 Å². The van der Waals surface area contributed by atoms with Crippen LogP contribution in [0.3, 0.4) is 0 Å². The fourth-order valence-corrected chi connectivity index (χ4v) is 33.2. The summed E-state index contributed by atoms with van der Waals surface area (Å²) >= 11 is 0. The molecule has 0 aromatic heterocycles. The minimum Gasteiger partial charge on any atom is -0.375 e. The smallest absolute Gasteiger partial charge is 0.0875 e. The Morgan fingerprint density at radius 3 is 0.906 bits per heavy atom. The van der Waals surface area contributed by atoms with Crippen molar-refractivity contribution in [1.82, 2.24) is 0 Å². The van der Waals surface area contributed by atoms with Gasteiger partial charge in [-0.2, -0.15) is 0 Å². The summed E-state index contributed by atoms with van der Waals surface area (Å²) in [4.78, 5) is 0. The van der Waals surface area contributed by atoms with Crippen molar-refractivity contribution in [3.05, 3.63) is 167 Å². The summed E-state index contributed by atoms with van der Waals surface area (Å²) in [6.07, 6.45) is 65.0. The van der Waals surface area contributed by atoms with Gasteiger partial charge in [-0.15, -0.1) is 0 Å². The molecule has 0 radical (unpaired) electrons. The lowest BCUT2D eigenvalue weighted by Crippen LogP contribution is -2.34. The molecule has 0 amide bonds. The third-order valence-electron chi connectivity index (χ3n) is 40.8. The predicted octanol–water partition coefficient (Wildman–Crippen LogP) is 32.1. The minimum atomic E-state index is 0.239. The lowest BCUT2D eigenvalue weighted by atomic mass is 9.80. The molecule has 0 heterocycles. The first-order chi connectivity index (χ1) is 66.6. The zero-order valence-electron chi connectivity index (χ0n) is 90.3. The lowest BCUT2D eigenvalue weighted by molar-refractivity contribution is -0.0669. The van der Waals surface area contributed by atoms with Crippen LogP contribution >= 0.6 is 0 Å². The van der Waals surface area contributed by atoms with Crippen molar-refractivity contribution in [2.24, 2.45) is 160 Å². The van der Waals surface area contributed by atoms with Gasteiger partial charge in [-0.05, 0) is 465 Å². The SMILES string of the molecule is CC(C)C(C)OC1CC2CC1C1C=CCC21.CC(C)C(C)OC1CC2CC1C1CCCC21.CC(C)C(C)OC1Cc2cccc3cccc1c23.CC(C)OC1CC2CC1C1C=CCC21.CC(C)OC1CC2CC1C1CCCC21.CC(C)OC1Cc2ccccc2C1.CCC(C)OC1CC2CC1C1C=CCC21.CCC(C)OC1CC2CC1C1CCCC21.CCC(C)OC1Cc2cccc3cccc1c23. The predicted molar refractivity (Wildman–Crippen MR) is 570 cm³/mol. The fraction of sp³-hybridized carbons (Fsp3) is 0.752. The van der Waals surface area contributed by atoms with E-state index >= 15 is 0 Å². The van der Waals surface area contributed by atoms with E-state index in [4.69, 9.17) is 42.6 Å². The van der Waals surface area contributed by atoms with Crippen LogP contribution in [-0.2, 0) is 68.3 Å². The molecule has 0 spiro atoms. The molecule has 0 N–H and O–H groups in total. The highest BCUT2D eigenvalue weighted by atomic mass is 16.5. The van der Waals surface area contributed by atoms with E-state index in [1.165, 1.54) is 215 Å². The number of fused-ring (bicyclic) bond motifs is 31. The number of rotatable bonds is 24. The second-order valence-electron chi connectivity index (χ2n) is 50.9. The molecule has 9 nitrogen and oxygen atoms in total. The molecular weight excluding hydrogens is 1690 g/mol. The Morgan fingerprint density at radius 1 is 0.254 bits per heavy atom. The normalized spacial score (nSPS) is 38.3. The van der Waals surface area contributed by atoms with Crippen LogP contribution in [0.25, 0.3) is 21.5 Å². The molecule has 138 heavy (non-hydrogen) atoms. The van der Waals surface area contributed by atoms with E-state index in [1.807, 2.05) is 0 Å². The van der Waals surface area contributed by atoms with Gasteiger partial charge in [0.25, 0.3) is 0 Å². The molecule has 21 aliphatic carbocycles. The number of ether oxygens (including phenoxy) is 9. The van der Waals surface area contributed by atoms with Crippen molar-refractivity contribution >= 4 is 21.5 Å².